The molecule has 1 atom stereocenters. The van der Waals surface area contributed by atoms with Crippen molar-refractivity contribution < 1.29 is 24.3 Å². The number of hydrogen-bond donors (Lipinski definition) is 3. The Morgan fingerprint density at radius 1 is 1.20 bits per heavy atom. The van der Waals surface area contributed by atoms with Crippen LogP contribution in [0.4, 0.5) is 0 Å². The molecule has 110 valence electrons. The summed E-state index contributed by atoms with van der Waals surface area (Å²) < 4.78 is 0.428. The molecule has 0 aliphatic carbocycles. The zero-order chi connectivity index (χ0) is 15.3. The van der Waals surface area contributed by atoms with Crippen LogP contribution in [0.3, 0.4) is 0 Å². The number of aromatic hydroxyl groups is 1. The van der Waals surface area contributed by atoms with E-state index in [2.05, 4.69) is 5.32 Å². The quantitative estimate of drug-likeness (QED) is 0.651. The van der Waals surface area contributed by atoms with Gasteiger partial charge in [-0.1, -0.05) is 12.1 Å². The van der Waals surface area contributed by atoms with Crippen molar-refractivity contribution in [2.75, 3.05) is 27.7 Å². The van der Waals surface area contributed by atoms with Gasteiger partial charge in [0.25, 0.3) is 5.91 Å². The summed E-state index contributed by atoms with van der Waals surface area (Å²) in [6.45, 7) is 0.208. The van der Waals surface area contributed by atoms with Crippen LogP contribution in [-0.4, -0.2) is 60.3 Å². The Morgan fingerprint density at radius 2 is 1.75 bits per heavy atom. The molecule has 0 bridgehead atoms. The molecule has 0 aliphatic rings. The van der Waals surface area contributed by atoms with Crippen molar-refractivity contribution >= 4 is 11.9 Å². The molecule has 0 radical (unpaired) electrons. The molecular weight excluding hydrogens is 260 g/mol. The Morgan fingerprint density at radius 3 is 2.20 bits per heavy atom. The van der Waals surface area contributed by atoms with E-state index in [4.69, 9.17) is 5.11 Å². The summed E-state index contributed by atoms with van der Waals surface area (Å²) in [6.07, 6.45) is 0.179. The van der Waals surface area contributed by atoms with Crippen molar-refractivity contribution in [1.29, 1.82) is 0 Å². The minimum absolute atomic E-state index is 0.120. The van der Waals surface area contributed by atoms with E-state index in [0.29, 0.717) is 4.48 Å². The van der Waals surface area contributed by atoms with Gasteiger partial charge in [0.05, 0.1) is 21.1 Å². The zero-order valence-corrected chi connectivity index (χ0v) is 12.0. The van der Waals surface area contributed by atoms with Gasteiger partial charge in [0.15, 0.2) is 6.54 Å². The number of phenolic OH excluding ortho intramolecular Hbond substituents is 1. The van der Waals surface area contributed by atoms with Gasteiger partial charge in [-0.2, -0.15) is 0 Å². The first-order chi connectivity index (χ1) is 9.17. The Kier molecular flexibility index (Phi) is 5.10. The van der Waals surface area contributed by atoms with E-state index in [9.17, 15) is 14.7 Å². The molecule has 1 amide bonds. The Hall–Kier alpha value is -2.08. The molecule has 20 heavy (non-hydrogen) atoms. The van der Waals surface area contributed by atoms with Gasteiger partial charge in [0, 0.05) is 6.42 Å². The third-order valence-corrected chi connectivity index (χ3v) is 2.63. The average Bonchev–Trinajstić information content (AvgIpc) is 2.28. The molecule has 0 spiro atoms. The number of benzene rings is 1. The zero-order valence-electron chi connectivity index (χ0n) is 12.0. The first-order valence-electron chi connectivity index (χ1n) is 6.28. The normalized spacial score (nSPS) is 12.8. The molecule has 0 saturated carbocycles. The lowest BCUT2D eigenvalue weighted by atomic mass is 10.1. The van der Waals surface area contributed by atoms with Crippen molar-refractivity contribution in [2.45, 2.75) is 12.5 Å². The molecule has 1 aromatic rings. The fraction of sp³-hybridized carbons (Fsp3) is 0.429. The number of nitrogens with zero attached hydrogens (tertiary/aromatic N) is 1. The summed E-state index contributed by atoms with van der Waals surface area (Å²) in [5.41, 5.74) is 0.737. The molecule has 1 aromatic carbocycles. The maximum atomic E-state index is 11.8. The Labute approximate surface area is 118 Å². The van der Waals surface area contributed by atoms with Crippen molar-refractivity contribution in [3.8, 4) is 5.75 Å². The molecule has 0 aliphatic heterocycles. The number of carbonyl (C=O) groups excluding carboxylic acids is 1. The summed E-state index contributed by atoms with van der Waals surface area (Å²) in [4.78, 5) is 23.0. The second-order valence-corrected chi connectivity index (χ2v) is 5.78. The fourth-order valence-electron chi connectivity index (χ4n) is 1.74. The van der Waals surface area contributed by atoms with Crippen molar-refractivity contribution in [3.05, 3.63) is 29.8 Å². The van der Waals surface area contributed by atoms with Crippen LogP contribution in [0.1, 0.15) is 5.56 Å². The molecule has 6 heteroatoms. The summed E-state index contributed by atoms with van der Waals surface area (Å²) in [7, 11) is 5.57. The van der Waals surface area contributed by atoms with E-state index in [1.165, 1.54) is 12.1 Å². The SMILES string of the molecule is C[N+](C)(C)CC(=O)NC(Cc1ccc(O)cc1)C(=O)O. The van der Waals surface area contributed by atoms with Crippen LogP contribution in [0.2, 0.25) is 0 Å². The van der Waals surface area contributed by atoms with Crippen LogP contribution in [0.5, 0.6) is 5.75 Å². The second-order valence-electron chi connectivity index (χ2n) is 5.78. The lowest BCUT2D eigenvalue weighted by Gasteiger charge is -2.24. The number of phenols is 1. The molecule has 3 N–H and O–H groups in total. The van der Waals surface area contributed by atoms with Gasteiger partial charge in [0.2, 0.25) is 0 Å². The van der Waals surface area contributed by atoms with E-state index in [-0.39, 0.29) is 24.6 Å². The summed E-state index contributed by atoms with van der Waals surface area (Å²) >= 11 is 0. The number of hydrogen-bond acceptors (Lipinski definition) is 3. The lowest BCUT2D eigenvalue weighted by molar-refractivity contribution is -0.862. The fourth-order valence-corrected chi connectivity index (χ4v) is 1.74. The highest BCUT2D eigenvalue weighted by Crippen LogP contribution is 2.11. The summed E-state index contributed by atoms with van der Waals surface area (Å²) in [6, 6.07) is 5.28. The minimum atomic E-state index is -1.08. The molecule has 1 unspecified atom stereocenters. The number of aliphatic carboxylic acids is 1. The molecule has 0 saturated heterocycles. The topological polar surface area (TPSA) is 86.6 Å². The third-order valence-electron chi connectivity index (χ3n) is 2.63. The number of amides is 1. The highest BCUT2D eigenvalue weighted by molar-refractivity contribution is 5.84. The third kappa shape index (κ3) is 5.71. The predicted octanol–water partition coefficient (Wildman–Crippen LogP) is 0.210. The maximum absolute atomic E-state index is 11.8. The predicted molar refractivity (Wildman–Crippen MR) is 74.3 cm³/mol. The standard InChI is InChI=1S/C14H20N2O4/c1-16(2,3)9-13(18)15-12(14(19)20)8-10-4-6-11(17)7-5-10/h4-7,12H,8-9H2,1-3H3,(H2-,15,17,18,19,20)/p+1. The molecule has 0 heterocycles. The number of quaternary nitrogens is 1. The molecule has 0 aromatic heterocycles. The van der Waals surface area contributed by atoms with Gasteiger partial charge in [-0.05, 0) is 17.7 Å². The van der Waals surface area contributed by atoms with E-state index >= 15 is 0 Å². The van der Waals surface area contributed by atoms with Crippen LogP contribution in [0.25, 0.3) is 0 Å². The molecular formula is C14H21N2O4+. The number of likely N-dealkylation sites (N-methyl/N-ethyl adjacent to an activating group) is 1. The van der Waals surface area contributed by atoms with E-state index in [1.54, 1.807) is 12.1 Å². The highest BCUT2D eigenvalue weighted by atomic mass is 16.4. The van der Waals surface area contributed by atoms with Crippen LogP contribution >= 0.6 is 0 Å². The minimum Gasteiger partial charge on any atom is -0.508 e. The largest absolute Gasteiger partial charge is 0.508 e. The van der Waals surface area contributed by atoms with Crippen LogP contribution in [0.15, 0.2) is 24.3 Å². The van der Waals surface area contributed by atoms with Crippen LogP contribution < -0.4 is 5.32 Å². The smallest absolute Gasteiger partial charge is 0.326 e. The first kappa shape index (κ1) is 16.0. The van der Waals surface area contributed by atoms with E-state index < -0.39 is 12.0 Å². The summed E-state index contributed by atoms with van der Waals surface area (Å²) in [5.74, 6) is -1.26. The first-order valence-corrected chi connectivity index (χ1v) is 6.28. The van der Waals surface area contributed by atoms with E-state index in [0.717, 1.165) is 5.56 Å². The highest BCUT2D eigenvalue weighted by Gasteiger charge is 2.23. The Balaban J connectivity index is 2.68. The lowest BCUT2D eigenvalue weighted by Crippen LogP contribution is -2.49. The number of carboxylic acids is 1. The van der Waals surface area contributed by atoms with Crippen molar-refractivity contribution in [2.24, 2.45) is 0 Å². The van der Waals surface area contributed by atoms with Gasteiger partial charge in [0.1, 0.15) is 11.8 Å². The molecule has 6 nitrogen and oxygen atoms in total. The summed E-state index contributed by atoms with van der Waals surface area (Å²) in [5, 5.41) is 20.9. The van der Waals surface area contributed by atoms with Gasteiger partial charge >= 0.3 is 5.97 Å². The number of carboxylic acid groups (broad SMARTS) is 1. The maximum Gasteiger partial charge on any atom is 0.326 e. The van der Waals surface area contributed by atoms with Crippen LogP contribution in [-0.2, 0) is 16.0 Å². The van der Waals surface area contributed by atoms with Gasteiger partial charge in [-0.15, -0.1) is 0 Å². The number of nitrogens with one attached hydrogen (secondary N) is 1. The van der Waals surface area contributed by atoms with Crippen molar-refractivity contribution in [3.63, 3.8) is 0 Å². The van der Waals surface area contributed by atoms with Gasteiger partial charge in [-0.25, -0.2) is 4.79 Å². The van der Waals surface area contributed by atoms with Gasteiger partial charge in [-0.3, -0.25) is 4.79 Å². The number of rotatable bonds is 6. The van der Waals surface area contributed by atoms with Crippen LogP contribution in [0, 0.1) is 0 Å². The van der Waals surface area contributed by atoms with E-state index in [1.807, 2.05) is 21.1 Å². The monoisotopic (exact) mass is 281 g/mol. The molecule has 0 fully saturated rings. The Bertz CT molecular complexity index is 477. The molecule has 1 rings (SSSR count). The number of carbonyl (C=O) groups is 2. The second kappa shape index (κ2) is 6.38. The van der Waals surface area contributed by atoms with Crippen molar-refractivity contribution in [1.82, 2.24) is 5.32 Å². The van der Waals surface area contributed by atoms with Gasteiger partial charge < -0.3 is 20.0 Å². The average molecular weight is 281 g/mol.